The number of fused-ring (bicyclic) bond motifs is 3. The van der Waals surface area contributed by atoms with Crippen LogP contribution in [-0.4, -0.2) is 7.42 Å². The first-order chi connectivity index (χ1) is 26.5. The van der Waals surface area contributed by atoms with Crippen LogP contribution in [0.4, 0.5) is 0 Å². The maximum Gasteiger partial charge on any atom is -1.00 e. The molecule has 5 heteroatoms. The molecule has 0 amide bonds. The van der Waals surface area contributed by atoms with E-state index >= 15 is 0 Å². The Morgan fingerprint density at radius 3 is 1.45 bits per heavy atom. The van der Waals surface area contributed by atoms with E-state index in [1.165, 1.54) is 55.8 Å². The van der Waals surface area contributed by atoms with Crippen molar-refractivity contribution in [1.82, 2.24) is 0 Å². The van der Waals surface area contributed by atoms with Crippen LogP contribution in [-0.2, 0) is 33.1 Å². The van der Waals surface area contributed by atoms with Crippen LogP contribution in [0.25, 0.3) is 21.5 Å². The molecule has 5 aromatic carbocycles. The van der Waals surface area contributed by atoms with E-state index in [-0.39, 0.29) is 35.6 Å². The fourth-order valence-corrected chi connectivity index (χ4v) is 12.6. The van der Waals surface area contributed by atoms with Gasteiger partial charge in [-0.3, -0.25) is 6.08 Å². The van der Waals surface area contributed by atoms with Gasteiger partial charge >= 0.3 is 123 Å². The maximum atomic E-state index is 5.84. The Labute approximate surface area is 383 Å². The van der Waals surface area contributed by atoms with Crippen LogP contribution in [0, 0.1) is 35.2 Å². The Balaban J connectivity index is 0.000000164. The van der Waals surface area contributed by atoms with Gasteiger partial charge in [-0.15, -0.1) is 39.7 Å². The summed E-state index contributed by atoms with van der Waals surface area (Å²) < 4.78 is 4.66. The Morgan fingerprint density at radius 1 is 0.672 bits per heavy atom. The summed E-state index contributed by atoms with van der Waals surface area (Å²) in [4.78, 5) is 0. The second-order valence-electron chi connectivity index (χ2n) is 19.7. The van der Waals surface area contributed by atoms with Gasteiger partial charge in [-0.25, -0.2) is 5.57 Å². The van der Waals surface area contributed by atoms with E-state index in [0.29, 0.717) is 11.3 Å². The van der Waals surface area contributed by atoms with Crippen LogP contribution in [0.1, 0.15) is 123 Å². The summed E-state index contributed by atoms with van der Waals surface area (Å²) in [6.45, 7) is 18.2. The molecule has 5 aliphatic rings. The van der Waals surface area contributed by atoms with Gasteiger partial charge in [0.2, 0.25) is 0 Å². The van der Waals surface area contributed by atoms with Crippen molar-refractivity contribution in [1.29, 1.82) is 0 Å². The van der Waals surface area contributed by atoms with Crippen LogP contribution < -0.4 is 24.8 Å². The average Bonchev–Trinajstić information content (AvgIpc) is 3.65. The molecule has 5 aliphatic carbocycles. The third-order valence-corrected chi connectivity index (χ3v) is 15.7. The summed E-state index contributed by atoms with van der Waals surface area (Å²) in [5, 5.41) is 7.06. The second kappa shape index (κ2) is 19.4. The zero-order valence-corrected chi connectivity index (χ0v) is 41.1. The second-order valence-corrected chi connectivity index (χ2v) is 22.8. The molecule has 5 aromatic rings. The normalized spacial score (nSPS) is 22.9. The van der Waals surface area contributed by atoms with Crippen LogP contribution in [0.15, 0.2) is 108 Å². The van der Waals surface area contributed by atoms with Crippen molar-refractivity contribution in [2.45, 2.75) is 111 Å². The Bertz CT molecular complexity index is 2150. The fraction of sp³-hybridized carbons (Fsp3) is 0.415. The molecule has 0 N–H and O–H groups in total. The van der Waals surface area contributed by atoms with E-state index in [0.717, 1.165) is 27.8 Å². The molecule has 0 spiro atoms. The molecule has 0 radical (unpaired) electrons. The predicted molar refractivity (Wildman–Crippen MR) is 243 cm³/mol. The predicted octanol–water partition coefficient (Wildman–Crippen LogP) is 9.31. The smallest absolute Gasteiger partial charge is 1.00 e. The third kappa shape index (κ3) is 11.7. The largest absolute Gasteiger partial charge is 1.00 e. The molecule has 0 aliphatic heterocycles. The maximum absolute atomic E-state index is 5.84. The SMILES string of the molecule is CC(C)(C)c1ccc2[cH-]c3ccc(C(C)(C)C)cc3c2c1.CC1=[C-]C(C)C=C1CC12CC3CC(CC(C3)C1)C2.Clc1ccc([CH]=[Zr]=[CH]c2ccc(Cl)cc2)cc1.[Cl-].[Cl-]. The summed E-state index contributed by atoms with van der Waals surface area (Å²) >= 11 is 11.0. The molecule has 1 atom stereocenters. The van der Waals surface area contributed by atoms with E-state index in [2.05, 4.69) is 142 Å². The van der Waals surface area contributed by atoms with Crippen molar-refractivity contribution < 1.29 is 47.1 Å². The fourth-order valence-electron chi connectivity index (χ4n) is 10.3. The molecular weight excluding hydrogens is 870 g/mol. The monoisotopic (exact) mass is 926 g/mol. The first-order valence-electron chi connectivity index (χ1n) is 20.9. The van der Waals surface area contributed by atoms with Gasteiger partial charge < -0.3 is 24.8 Å². The number of hydrogen-bond acceptors (Lipinski definition) is 0. The van der Waals surface area contributed by atoms with Gasteiger partial charge in [0.05, 0.1) is 0 Å². The minimum absolute atomic E-state index is 0. The first-order valence-corrected chi connectivity index (χ1v) is 24.5. The number of hydrogen-bond donors (Lipinski definition) is 0. The third-order valence-electron chi connectivity index (χ3n) is 12.8. The summed E-state index contributed by atoms with van der Waals surface area (Å²) in [7, 11) is 0. The molecule has 58 heavy (non-hydrogen) atoms. The van der Waals surface area contributed by atoms with E-state index in [9.17, 15) is 0 Å². The summed E-state index contributed by atoms with van der Waals surface area (Å²) in [5.41, 5.74) is 9.51. The Kier molecular flexibility index (Phi) is 15.7. The van der Waals surface area contributed by atoms with Crippen molar-refractivity contribution in [2.24, 2.45) is 29.1 Å². The van der Waals surface area contributed by atoms with Gasteiger partial charge in [0.15, 0.2) is 0 Å². The van der Waals surface area contributed by atoms with Crippen molar-refractivity contribution >= 4 is 52.2 Å². The summed E-state index contributed by atoms with van der Waals surface area (Å²) in [6, 6.07) is 32.1. The van der Waals surface area contributed by atoms with Crippen LogP contribution >= 0.6 is 23.2 Å². The van der Waals surface area contributed by atoms with E-state index < -0.39 is 22.3 Å². The average molecular weight is 930 g/mol. The molecule has 0 heterocycles. The van der Waals surface area contributed by atoms with Gasteiger partial charge in [0.1, 0.15) is 0 Å². The van der Waals surface area contributed by atoms with Gasteiger partial charge in [-0.2, -0.15) is 11.6 Å². The van der Waals surface area contributed by atoms with Crippen molar-refractivity contribution in [2.75, 3.05) is 0 Å². The quantitative estimate of drug-likeness (QED) is 0.158. The molecule has 0 aromatic heterocycles. The van der Waals surface area contributed by atoms with Gasteiger partial charge in [0, 0.05) is 0 Å². The molecular formula is C53H60Cl4Zr-4. The minimum Gasteiger partial charge on any atom is -1.00 e. The molecule has 1 unspecified atom stereocenters. The molecule has 0 saturated heterocycles. The molecule has 308 valence electrons. The molecule has 0 nitrogen and oxygen atoms in total. The Morgan fingerprint density at radius 2 is 1.09 bits per heavy atom. The minimum atomic E-state index is -0.623. The van der Waals surface area contributed by atoms with Crippen LogP contribution in [0.5, 0.6) is 0 Å². The topological polar surface area (TPSA) is 0 Å². The molecule has 10 rings (SSSR count). The Hall–Kier alpha value is -1.99. The van der Waals surface area contributed by atoms with Gasteiger partial charge in [-0.1, -0.05) is 103 Å². The van der Waals surface area contributed by atoms with Crippen LogP contribution in [0.3, 0.4) is 0 Å². The van der Waals surface area contributed by atoms with Gasteiger partial charge in [-0.05, 0) is 72.5 Å². The number of benzene rings is 4. The summed E-state index contributed by atoms with van der Waals surface area (Å²) in [6.07, 6.45) is 16.7. The van der Waals surface area contributed by atoms with Crippen molar-refractivity contribution in [3.05, 3.63) is 147 Å². The first kappa shape index (κ1) is 47.1. The van der Waals surface area contributed by atoms with Crippen molar-refractivity contribution in [3.63, 3.8) is 0 Å². The van der Waals surface area contributed by atoms with E-state index in [1.807, 2.05) is 24.3 Å². The molecule has 4 fully saturated rings. The number of halogens is 4. The summed E-state index contributed by atoms with van der Waals surface area (Å²) in [5.74, 6) is 3.82. The van der Waals surface area contributed by atoms with Crippen molar-refractivity contribution in [3.8, 4) is 0 Å². The van der Waals surface area contributed by atoms with Crippen LogP contribution in [0.2, 0.25) is 10.0 Å². The van der Waals surface area contributed by atoms with E-state index in [1.54, 1.807) is 44.1 Å². The molecule has 4 bridgehead atoms. The zero-order chi connectivity index (χ0) is 39.8. The number of allylic oxidation sites excluding steroid dienone is 4. The van der Waals surface area contributed by atoms with E-state index in [4.69, 9.17) is 23.2 Å². The van der Waals surface area contributed by atoms with Gasteiger partial charge in [0.25, 0.3) is 0 Å². The standard InChI is InChI=1S/C21H25.C18H25.2C7H5Cl.2ClH.Zr/c1-20(2,3)16-9-7-14-11-15-8-10-17(21(4,5)6)13-19(15)18(14)12-16;1-12-3-13(2)17(4-12)11-18-8-14-5-15(9-18)7-16(6-14)10-18;2*1-6-2-4-7(8)5-3-6;;;/h7-13H,1-6H3;4,12,14-16H,5-11H2,1-2H3;2*1-5H;2*1H;/q2*-1;;;;;/p-2. The zero-order valence-electron chi connectivity index (χ0n) is 35.7. The number of rotatable bonds is 4. The molecule has 4 saturated carbocycles.